The van der Waals surface area contributed by atoms with Crippen molar-refractivity contribution in [2.45, 2.75) is 57.6 Å². The van der Waals surface area contributed by atoms with Gasteiger partial charge >= 0.3 is 0 Å². The van der Waals surface area contributed by atoms with Gasteiger partial charge < -0.3 is 19.0 Å². The fraction of sp³-hybridized carbons (Fsp3) is 0.464. The van der Waals surface area contributed by atoms with Gasteiger partial charge in [-0.05, 0) is 50.5 Å². The number of benzene rings is 2. The molecule has 2 aliphatic rings. The molecule has 2 aliphatic heterocycles. The molecule has 0 atom stereocenters. The van der Waals surface area contributed by atoms with Crippen molar-refractivity contribution < 1.29 is 27.1 Å². The number of halogens is 4. The zero-order valence-corrected chi connectivity index (χ0v) is 21.7. The zero-order valence-electron chi connectivity index (χ0n) is 20.9. The van der Waals surface area contributed by atoms with Crippen LogP contribution in [0.1, 0.15) is 50.1 Å². The molecule has 3 heterocycles. The molecule has 1 amide bonds. The van der Waals surface area contributed by atoms with Crippen molar-refractivity contribution in [3.8, 4) is 16.9 Å². The summed E-state index contributed by atoms with van der Waals surface area (Å²) in [6.07, 6.45) is 0.950. The van der Waals surface area contributed by atoms with Gasteiger partial charge in [0.15, 0.2) is 0 Å². The molecule has 0 spiro atoms. The van der Waals surface area contributed by atoms with Crippen LogP contribution in [0.2, 0.25) is 5.02 Å². The van der Waals surface area contributed by atoms with Gasteiger partial charge in [-0.25, -0.2) is 13.2 Å². The number of nitrogens with zero attached hydrogens (tertiary/aromatic N) is 2. The van der Waals surface area contributed by atoms with Gasteiger partial charge in [0.05, 0.1) is 5.02 Å². The van der Waals surface area contributed by atoms with Crippen LogP contribution in [-0.4, -0.2) is 60.0 Å². The second-order valence-corrected chi connectivity index (χ2v) is 10.6. The number of hydrogen-bond donors (Lipinski definition) is 0. The van der Waals surface area contributed by atoms with E-state index < -0.39 is 30.5 Å². The predicted octanol–water partition coefficient (Wildman–Crippen LogP) is 7.02. The van der Waals surface area contributed by atoms with Crippen molar-refractivity contribution in [2.24, 2.45) is 0 Å². The van der Waals surface area contributed by atoms with Gasteiger partial charge in [0, 0.05) is 62.1 Å². The van der Waals surface area contributed by atoms with Crippen LogP contribution in [0.3, 0.4) is 0 Å². The highest BCUT2D eigenvalue weighted by Gasteiger charge is 2.37. The lowest BCUT2D eigenvalue weighted by molar-refractivity contribution is -0.0498. The van der Waals surface area contributed by atoms with Crippen molar-refractivity contribution in [1.29, 1.82) is 0 Å². The maximum atomic E-state index is 13.7. The van der Waals surface area contributed by atoms with E-state index in [1.54, 1.807) is 24.3 Å². The summed E-state index contributed by atoms with van der Waals surface area (Å²) in [6, 6.07) is 9.57. The first-order chi connectivity index (χ1) is 17.6. The average Bonchev–Trinajstić information content (AvgIpc) is 3.22. The molecule has 2 aromatic carbocycles. The molecule has 1 aromatic heterocycles. The molecule has 2 fully saturated rings. The quantitative estimate of drug-likeness (QED) is 0.353. The summed E-state index contributed by atoms with van der Waals surface area (Å²) in [5.74, 6) is -3.20. The van der Waals surface area contributed by atoms with Crippen molar-refractivity contribution in [1.82, 2.24) is 9.80 Å². The van der Waals surface area contributed by atoms with E-state index in [1.807, 2.05) is 0 Å². The molecule has 0 unspecified atom stereocenters. The van der Waals surface area contributed by atoms with Crippen LogP contribution in [0.4, 0.5) is 13.2 Å². The third-order valence-electron chi connectivity index (χ3n) is 7.35. The number of likely N-dealkylation sites (tertiary alicyclic amines) is 2. The molecular formula is C28H30ClF3N2O3. The second-order valence-electron chi connectivity index (χ2n) is 10.2. The maximum absolute atomic E-state index is 13.7. The summed E-state index contributed by atoms with van der Waals surface area (Å²) >= 11 is 6.64. The number of hydrogen-bond acceptors (Lipinski definition) is 4. The molecular weight excluding hydrogens is 505 g/mol. The lowest BCUT2D eigenvalue weighted by Crippen LogP contribution is -2.42. The summed E-state index contributed by atoms with van der Waals surface area (Å²) in [7, 11) is 0. The van der Waals surface area contributed by atoms with Gasteiger partial charge in [-0.2, -0.15) is 0 Å². The molecule has 0 N–H and O–H groups in total. The number of carbonyl (C=O) groups excluding carboxylic acids is 1. The van der Waals surface area contributed by atoms with Crippen LogP contribution in [-0.2, 0) is 0 Å². The Morgan fingerprint density at radius 3 is 2.35 bits per heavy atom. The van der Waals surface area contributed by atoms with Crippen LogP contribution in [0.15, 0.2) is 40.8 Å². The third-order valence-corrected chi connectivity index (χ3v) is 7.65. The SMILES string of the molecule is CC(C)N1CCC(Oc2cc3oc(C(=O)N4CCC(F)(F)CC4)c(-c4ccc(F)cc4)c3cc2Cl)CC1. The summed E-state index contributed by atoms with van der Waals surface area (Å²) in [5, 5.41) is 0.948. The topological polar surface area (TPSA) is 45.9 Å². The Hall–Kier alpha value is -2.71. The predicted molar refractivity (Wildman–Crippen MR) is 137 cm³/mol. The molecule has 0 saturated carbocycles. The minimum absolute atomic E-state index is 0.00704. The molecule has 0 radical (unpaired) electrons. The minimum Gasteiger partial charge on any atom is -0.489 e. The van der Waals surface area contributed by atoms with Gasteiger partial charge in [0.1, 0.15) is 23.3 Å². The molecule has 0 aliphatic carbocycles. The minimum atomic E-state index is -2.78. The van der Waals surface area contributed by atoms with E-state index in [0.29, 0.717) is 38.9 Å². The lowest BCUT2D eigenvalue weighted by Gasteiger charge is -2.34. The van der Waals surface area contributed by atoms with Crippen LogP contribution < -0.4 is 4.74 Å². The van der Waals surface area contributed by atoms with E-state index >= 15 is 0 Å². The number of amides is 1. The molecule has 9 heteroatoms. The number of fused-ring (bicyclic) bond motifs is 1. The number of furan rings is 1. The van der Waals surface area contributed by atoms with Gasteiger partial charge in [-0.1, -0.05) is 23.7 Å². The molecule has 5 nitrogen and oxygen atoms in total. The number of carbonyl (C=O) groups is 1. The normalized spacial score (nSPS) is 19.1. The van der Waals surface area contributed by atoms with E-state index in [0.717, 1.165) is 25.9 Å². The van der Waals surface area contributed by atoms with E-state index in [1.165, 1.54) is 17.0 Å². The molecule has 198 valence electrons. The second kappa shape index (κ2) is 10.2. The Bertz CT molecular complexity index is 1270. The van der Waals surface area contributed by atoms with Crippen LogP contribution in [0, 0.1) is 5.82 Å². The molecule has 0 bridgehead atoms. The van der Waals surface area contributed by atoms with Crippen LogP contribution >= 0.6 is 11.6 Å². The van der Waals surface area contributed by atoms with Crippen molar-refractivity contribution >= 4 is 28.5 Å². The fourth-order valence-corrected chi connectivity index (χ4v) is 5.32. The molecule has 2 saturated heterocycles. The van der Waals surface area contributed by atoms with Gasteiger partial charge in [0.25, 0.3) is 11.8 Å². The molecule has 37 heavy (non-hydrogen) atoms. The first kappa shape index (κ1) is 25.9. The fourth-order valence-electron chi connectivity index (χ4n) is 5.11. The van der Waals surface area contributed by atoms with Crippen LogP contribution in [0.5, 0.6) is 5.75 Å². The highest BCUT2D eigenvalue weighted by molar-refractivity contribution is 6.33. The third kappa shape index (κ3) is 5.46. The van der Waals surface area contributed by atoms with Crippen molar-refractivity contribution in [2.75, 3.05) is 26.2 Å². The van der Waals surface area contributed by atoms with Crippen molar-refractivity contribution in [3.63, 3.8) is 0 Å². The highest BCUT2D eigenvalue weighted by atomic mass is 35.5. The van der Waals surface area contributed by atoms with E-state index in [2.05, 4.69) is 18.7 Å². The summed E-state index contributed by atoms with van der Waals surface area (Å²) in [6.45, 7) is 6.08. The summed E-state index contributed by atoms with van der Waals surface area (Å²) in [5.41, 5.74) is 1.41. The number of ether oxygens (including phenoxy) is 1. The van der Waals surface area contributed by atoms with Gasteiger partial charge in [0.2, 0.25) is 5.76 Å². The standard InChI is InChI=1S/C28H30ClF3N2O3/c1-17(2)33-11-7-20(8-12-33)36-24-16-23-21(15-22(24)29)25(18-3-5-19(30)6-4-18)26(37-23)27(35)34-13-9-28(31,32)10-14-34/h3-6,15-17,20H,7-14H2,1-2H3. The summed E-state index contributed by atoms with van der Waals surface area (Å²) < 4.78 is 53.4. The van der Waals surface area contributed by atoms with Gasteiger partial charge in [-0.3, -0.25) is 4.79 Å². The largest absolute Gasteiger partial charge is 0.489 e. The zero-order chi connectivity index (χ0) is 26.3. The number of piperidine rings is 2. The van der Waals surface area contributed by atoms with E-state index in [4.69, 9.17) is 20.8 Å². The van der Waals surface area contributed by atoms with Crippen LogP contribution in [0.25, 0.3) is 22.1 Å². The lowest BCUT2D eigenvalue weighted by atomic mass is 10.00. The Kier molecular flexibility index (Phi) is 7.16. The molecule has 3 aromatic rings. The highest BCUT2D eigenvalue weighted by Crippen LogP contribution is 2.41. The maximum Gasteiger partial charge on any atom is 0.290 e. The summed E-state index contributed by atoms with van der Waals surface area (Å²) in [4.78, 5) is 17.2. The molecule has 5 rings (SSSR count). The first-order valence-electron chi connectivity index (χ1n) is 12.7. The number of rotatable bonds is 5. The van der Waals surface area contributed by atoms with E-state index in [9.17, 15) is 18.0 Å². The first-order valence-corrected chi connectivity index (χ1v) is 13.1. The Labute approximate surface area is 219 Å². The van der Waals surface area contributed by atoms with Gasteiger partial charge in [-0.15, -0.1) is 0 Å². The number of alkyl halides is 2. The Morgan fingerprint density at radius 2 is 1.73 bits per heavy atom. The average molecular weight is 535 g/mol. The Balaban J connectivity index is 1.49. The smallest absolute Gasteiger partial charge is 0.290 e. The monoisotopic (exact) mass is 534 g/mol. The Morgan fingerprint density at radius 1 is 1.08 bits per heavy atom. The van der Waals surface area contributed by atoms with E-state index in [-0.39, 0.29) is 25.0 Å². The van der Waals surface area contributed by atoms with Crippen molar-refractivity contribution in [3.05, 3.63) is 53.0 Å².